The van der Waals surface area contributed by atoms with E-state index in [1.165, 1.54) is 11.0 Å². The molecule has 2 aromatic carbocycles. The lowest BCUT2D eigenvalue weighted by atomic mass is 10.2. The Kier molecular flexibility index (Phi) is 6.95. The number of aliphatic hydroxyl groups is 1. The standard InChI is InChI=1S/C21H27FN2O4/c1-26-19-8-5-9-20(27-2)21(19)28-15-16(25)14-23-10-12-24(13-11-23)18-7-4-3-6-17(18)22/h3-9,16,25H,10-15H2,1-2H3/p+1/t16-/m1/s1. The third kappa shape index (κ3) is 4.85. The zero-order chi connectivity index (χ0) is 19.9. The molecule has 1 aliphatic rings. The summed E-state index contributed by atoms with van der Waals surface area (Å²) in [6.45, 7) is 3.90. The lowest BCUT2D eigenvalue weighted by molar-refractivity contribution is -0.903. The molecule has 1 atom stereocenters. The largest absolute Gasteiger partial charge is 0.493 e. The number of hydrogen-bond acceptors (Lipinski definition) is 5. The fourth-order valence-corrected chi connectivity index (χ4v) is 3.51. The smallest absolute Gasteiger partial charge is 0.203 e. The average molecular weight is 391 g/mol. The lowest BCUT2D eigenvalue weighted by Crippen LogP contribution is -3.16. The van der Waals surface area contributed by atoms with Crippen molar-refractivity contribution >= 4 is 5.69 Å². The number of anilines is 1. The van der Waals surface area contributed by atoms with Crippen LogP contribution in [0, 0.1) is 5.82 Å². The molecule has 0 amide bonds. The molecule has 6 nitrogen and oxygen atoms in total. The van der Waals surface area contributed by atoms with Gasteiger partial charge in [-0.2, -0.15) is 0 Å². The molecule has 7 heteroatoms. The van der Waals surface area contributed by atoms with E-state index in [-0.39, 0.29) is 12.4 Å². The van der Waals surface area contributed by atoms with E-state index in [0.717, 1.165) is 26.2 Å². The van der Waals surface area contributed by atoms with Gasteiger partial charge in [0.2, 0.25) is 5.75 Å². The van der Waals surface area contributed by atoms with Crippen LogP contribution in [0.3, 0.4) is 0 Å². The van der Waals surface area contributed by atoms with E-state index in [4.69, 9.17) is 14.2 Å². The molecular weight excluding hydrogens is 363 g/mol. The minimum absolute atomic E-state index is 0.150. The summed E-state index contributed by atoms with van der Waals surface area (Å²) in [6.07, 6.45) is -0.621. The molecule has 0 aromatic heterocycles. The van der Waals surface area contributed by atoms with Crippen molar-refractivity contribution in [3.63, 3.8) is 0 Å². The van der Waals surface area contributed by atoms with Crippen LogP contribution >= 0.6 is 0 Å². The molecule has 0 spiro atoms. The Labute approximate surface area is 165 Å². The van der Waals surface area contributed by atoms with Gasteiger partial charge in [-0.1, -0.05) is 18.2 Å². The number of ether oxygens (including phenoxy) is 3. The number of piperazine rings is 1. The highest BCUT2D eigenvalue weighted by molar-refractivity contribution is 5.51. The average Bonchev–Trinajstić information content (AvgIpc) is 2.73. The molecule has 1 heterocycles. The Bertz CT molecular complexity index is 744. The van der Waals surface area contributed by atoms with Crippen molar-refractivity contribution in [3.8, 4) is 17.2 Å². The number of para-hydroxylation sites is 2. The lowest BCUT2D eigenvalue weighted by Gasteiger charge is -2.34. The summed E-state index contributed by atoms with van der Waals surface area (Å²) in [5, 5.41) is 10.4. The van der Waals surface area contributed by atoms with Crippen LogP contribution in [0.25, 0.3) is 0 Å². The number of benzene rings is 2. The Morgan fingerprint density at radius 2 is 1.68 bits per heavy atom. The molecule has 1 fully saturated rings. The number of nitrogens with zero attached hydrogens (tertiary/aromatic N) is 1. The molecule has 152 valence electrons. The summed E-state index contributed by atoms with van der Waals surface area (Å²) < 4.78 is 30.3. The van der Waals surface area contributed by atoms with Gasteiger partial charge in [0.05, 0.1) is 46.1 Å². The van der Waals surface area contributed by atoms with Crippen molar-refractivity contribution in [2.45, 2.75) is 6.10 Å². The second kappa shape index (κ2) is 9.61. The van der Waals surface area contributed by atoms with Crippen LogP contribution in [-0.2, 0) is 0 Å². The van der Waals surface area contributed by atoms with Gasteiger partial charge in [-0.25, -0.2) is 4.39 Å². The molecule has 0 bridgehead atoms. The number of methoxy groups -OCH3 is 2. The van der Waals surface area contributed by atoms with Gasteiger partial charge in [-0.3, -0.25) is 0 Å². The van der Waals surface area contributed by atoms with Gasteiger partial charge in [0.15, 0.2) is 11.5 Å². The summed E-state index contributed by atoms with van der Waals surface area (Å²) >= 11 is 0. The topological polar surface area (TPSA) is 55.6 Å². The minimum atomic E-state index is -0.621. The van der Waals surface area contributed by atoms with Crippen LogP contribution in [0.5, 0.6) is 17.2 Å². The normalized spacial score (nSPS) is 15.9. The maximum absolute atomic E-state index is 13.9. The first-order valence-electron chi connectivity index (χ1n) is 9.47. The Balaban J connectivity index is 1.49. The molecule has 28 heavy (non-hydrogen) atoms. The summed E-state index contributed by atoms with van der Waals surface area (Å²) in [7, 11) is 3.13. The van der Waals surface area contributed by atoms with Gasteiger partial charge in [0.25, 0.3) is 0 Å². The molecule has 0 aliphatic carbocycles. The second-order valence-corrected chi connectivity index (χ2v) is 6.85. The number of quaternary nitrogens is 1. The third-order valence-electron chi connectivity index (χ3n) is 4.99. The van der Waals surface area contributed by atoms with Gasteiger partial charge < -0.3 is 29.1 Å². The Morgan fingerprint density at radius 1 is 1.04 bits per heavy atom. The fourth-order valence-electron chi connectivity index (χ4n) is 3.51. The first-order valence-corrected chi connectivity index (χ1v) is 9.47. The zero-order valence-electron chi connectivity index (χ0n) is 16.4. The predicted molar refractivity (Wildman–Crippen MR) is 105 cm³/mol. The Hall–Kier alpha value is -2.51. The van der Waals surface area contributed by atoms with Gasteiger partial charge in [-0.15, -0.1) is 0 Å². The van der Waals surface area contributed by atoms with Gasteiger partial charge in [0, 0.05) is 0 Å². The molecular formula is C21H28FN2O4+. The minimum Gasteiger partial charge on any atom is -0.493 e. The van der Waals surface area contributed by atoms with Crippen LogP contribution in [-0.4, -0.2) is 64.8 Å². The number of aliphatic hydroxyl groups excluding tert-OH is 1. The number of rotatable bonds is 8. The highest BCUT2D eigenvalue weighted by atomic mass is 19.1. The van der Waals surface area contributed by atoms with Crippen molar-refractivity contribution in [1.82, 2.24) is 0 Å². The third-order valence-corrected chi connectivity index (χ3v) is 4.99. The van der Waals surface area contributed by atoms with E-state index < -0.39 is 6.10 Å². The van der Waals surface area contributed by atoms with Crippen molar-refractivity contribution in [2.24, 2.45) is 0 Å². The molecule has 0 saturated carbocycles. The molecule has 3 rings (SSSR count). The molecule has 2 N–H and O–H groups in total. The van der Waals surface area contributed by atoms with E-state index in [0.29, 0.717) is 29.5 Å². The first kappa shape index (κ1) is 20.2. The summed E-state index contributed by atoms with van der Waals surface area (Å²) in [4.78, 5) is 3.33. The van der Waals surface area contributed by atoms with E-state index in [9.17, 15) is 9.50 Å². The van der Waals surface area contributed by atoms with Crippen LogP contribution < -0.4 is 24.0 Å². The van der Waals surface area contributed by atoms with E-state index in [1.807, 2.05) is 18.2 Å². The van der Waals surface area contributed by atoms with Gasteiger partial charge in [0.1, 0.15) is 25.1 Å². The van der Waals surface area contributed by atoms with Crippen molar-refractivity contribution in [1.29, 1.82) is 0 Å². The SMILES string of the molecule is COc1cccc(OC)c1OC[C@H](O)C[NH+]1CCN(c2ccccc2F)CC1. The fraction of sp³-hybridized carbons (Fsp3) is 0.429. The Morgan fingerprint density at radius 3 is 2.29 bits per heavy atom. The summed E-state index contributed by atoms with van der Waals surface area (Å²) in [6, 6.07) is 12.2. The maximum atomic E-state index is 13.9. The number of halogens is 1. The molecule has 1 saturated heterocycles. The molecule has 1 aliphatic heterocycles. The first-order chi connectivity index (χ1) is 13.6. The van der Waals surface area contributed by atoms with E-state index in [1.54, 1.807) is 32.4 Å². The van der Waals surface area contributed by atoms with Gasteiger partial charge in [-0.05, 0) is 24.3 Å². The van der Waals surface area contributed by atoms with E-state index >= 15 is 0 Å². The van der Waals surface area contributed by atoms with Crippen molar-refractivity contribution in [2.75, 3.05) is 58.5 Å². The second-order valence-electron chi connectivity index (χ2n) is 6.85. The maximum Gasteiger partial charge on any atom is 0.203 e. The molecule has 0 radical (unpaired) electrons. The van der Waals surface area contributed by atoms with Crippen LogP contribution in [0.1, 0.15) is 0 Å². The number of hydrogen-bond donors (Lipinski definition) is 2. The zero-order valence-corrected chi connectivity index (χ0v) is 16.4. The van der Waals surface area contributed by atoms with Crippen molar-refractivity contribution < 1.29 is 28.6 Å². The summed E-state index contributed by atoms with van der Waals surface area (Å²) in [5.41, 5.74) is 0.647. The molecule has 0 unspecified atom stereocenters. The quantitative estimate of drug-likeness (QED) is 0.703. The van der Waals surface area contributed by atoms with Crippen LogP contribution in [0.4, 0.5) is 10.1 Å². The van der Waals surface area contributed by atoms with Crippen LogP contribution in [0.2, 0.25) is 0 Å². The van der Waals surface area contributed by atoms with Gasteiger partial charge >= 0.3 is 0 Å². The molecule has 2 aromatic rings. The number of nitrogens with one attached hydrogen (secondary N) is 1. The van der Waals surface area contributed by atoms with Crippen LogP contribution in [0.15, 0.2) is 42.5 Å². The highest BCUT2D eigenvalue weighted by Crippen LogP contribution is 2.36. The highest BCUT2D eigenvalue weighted by Gasteiger charge is 2.24. The monoisotopic (exact) mass is 391 g/mol. The summed E-state index contributed by atoms with van der Waals surface area (Å²) in [5.74, 6) is 1.44. The predicted octanol–water partition coefficient (Wildman–Crippen LogP) is 0.988. The van der Waals surface area contributed by atoms with E-state index in [2.05, 4.69) is 4.90 Å². The van der Waals surface area contributed by atoms with Crippen molar-refractivity contribution in [3.05, 3.63) is 48.3 Å².